The predicted octanol–water partition coefficient (Wildman–Crippen LogP) is 3.78. The summed E-state index contributed by atoms with van der Waals surface area (Å²) in [6.45, 7) is 3.52. The molecule has 5 heteroatoms. The van der Waals surface area contributed by atoms with Crippen LogP contribution in [0.5, 0.6) is 0 Å². The number of carbonyl (C=O) groups excluding carboxylic acids is 2. The fourth-order valence-electron chi connectivity index (χ4n) is 1.16. The standard InChI is InChI=1S/C7H10O4.2C5H5.Fe/c1-3-4-6(2)7(9)11-10-5-8;2*1-2-4-5-3-1;/h4-5H,3H2,1-2H3;2*1-5H;/q;-5;-1;. The maximum atomic E-state index is 10.7. The molecule has 2 aromatic carbocycles. The van der Waals surface area contributed by atoms with E-state index in [2.05, 4.69) is 9.78 Å². The van der Waals surface area contributed by atoms with Crippen LogP contribution in [0.3, 0.4) is 0 Å². The van der Waals surface area contributed by atoms with Crippen molar-refractivity contribution >= 4 is 12.4 Å². The number of hydrogen-bond acceptors (Lipinski definition) is 4. The van der Waals surface area contributed by atoms with E-state index in [0.29, 0.717) is 5.57 Å². The van der Waals surface area contributed by atoms with Gasteiger partial charge in [-0.15, -0.1) is 0 Å². The van der Waals surface area contributed by atoms with E-state index in [4.69, 9.17) is 0 Å². The second kappa shape index (κ2) is 17.0. The number of allylic oxidation sites excluding steroid dienone is 1. The van der Waals surface area contributed by atoms with Crippen molar-refractivity contribution in [3.63, 3.8) is 0 Å². The van der Waals surface area contributed by atoms with E-state index < -0.39 is 5.97 Å². The van der Waals surface area contributed by atoms with Crippen LogP contribution in [0.15, 0.2) is 72.3 Å². The molecule has 4 nitrogen and oxygen atoms in total. The van der Waals surface area contributed by atoms with E-state index in [9.17, 15) is 9.59 Å². The minimum absolute atomic E-state index is 0. The summed E-state index contributed by atoms with van der Waals surface area (Å²) in [5.41, 5.74) is 0.425. The van der Waals surface area contributed by atoms with Gasteiger partial charge < -0.3 is 30.3 Å². The molecule has 0 spiro atoms. The Hall–Kier alpha value is -2.10. The summed E-state index contributed by atoms with van der Waals surface area (Å²) in [4.78, 5) is 28.1. The van der Waals surface area contributed by atoms with Gasteiger partial charge in [-0.3, -0.25) is 9.68 Å². The van der Waals surface area contributed by atoms with Gasteiger partial charge in [0.1, 0.15) is 0 Å². The molecule has 0 amide bonds. The summed E-state index contributed by atoms with van der Waals surface area (Å²) in [6, 6.07) is 20.0. The molecular formula is C17H20FeO4-6. The maximum absolute atomic E-state index is 10.7. The monoisotopic (exact) mass is 344 g/mol. The zero-order chi connectivity index (χ0) is 15.8. The van der Waals surface area contributed by atoms with Crippen molar-refractivity contribution in [2.45, 2.75) is 20.3 Å². The van der Waals surface area contributed by atoms with Gasteiger partial charge in [-0.25, -0.2) is 21.8 Å². The zero-order valence-electron chi connectivity index (χ0n) is 12.6. The summed E-state index contributed by atoms with van der Waals surface area (Å²) < 4.78 is 0. The molecule has 0 aromatic heterocycles. The normalized spacial score (nSPS) is 8.91. The Bertz CT molecular complexity index is 412. The van der Waals surface area contributed by atoms with Crippen molar-refractivity contribution in [3.8, 4) is 0 Å². The number of carbonyl (C=O) groups is 2. The van der Waals surface area contributed by atoms with Crippen LogP contribution < -0.4 is 0 Å². The van der Waals surface area contributed by atoms with Crippen molar-refractivity contribution < 1.29 is 36.4 Å². The third kappa shape index (κ3) is 14.3. The molecule has 0 saturated heterocycles. The Morgan fingerprint density at radius 2 is 1.59 bits per heavy atom. The first-order valence-electron chi connectivity index (χ1n) is 6.53. The molecule has 0 aliphatic carbocycles. The van der Waals surface area contributed by atoms with Crippen molar-refractivity contribution in [1.29, 1.82) is 0 Å². The van der Waals surface area contributed by atoms with Crippen LogP contribution >= 0.6 is 0 Å². The van der Waals surface area contributed by atoms with Crippen molar-refractivity contribution in [2.24, 2.45) is 0 Å². The van der Waals surface area contributed by atoms with Crippen LogP contribution in [-0.2, 0) is 36.4 Å². The van der Waals surface area contributed by atoms with E-state index in [1.807, 2.05) is 67.6 Å². The molecular weight excluding hydrogens is 324 g/mol. The Kier molecular flexibility index (Phi) is 17.1. The zero-order valence-corrected chi connectivity index (χ0v) is 13.7. The SMILES string of the molecule is CCC=C(C)C(=O)OOC=O.[Fe].[cH-]1[cH-][cH-][cH-][cH-]1.c1cc[cH-]c1. The van der Waals surface area contributed by atoms with Gasteiger partial charge >= 0.3 is 12.4 Å². The number of rotatable bonds is 4. The van der Waals surface area contributed by atoms with Gasteiger partial charge in [0.2, 0.25) is 0 Å². The summed E-state index contributed by atoms with van der Waals surface area (Å²) >= 11 is 0. The Morgan fingerprint density at radius 1 is 1.09 bits per heavy atom. The van der Waals surface area contributed by atoms with E-state index in [0.717, 1.165) is 6.42 Å². The minimum Gasteiger partial charge on any atom is -0.748 e. The molecule has 2 aromatic rings. The van der Waals surface area contributed by atoms with Crippen LogP contribution in [0, 0.1) is 0 Å². The van der Waals surface area contributed by atoms with Crippen molar-refractivity contribution in [3.05, 3.63) is 72.3 Å². The summed E-state index contributed by atoms with van der Waals surface area (Å²) in [5, 5.41) is 0. The summed E-state index contributed by atoms with van der Waals surface area (Å²) in [5.74, 6) is -0.640. The first-order chi connectivity index (χ1) is 10.2. The van der Waals surface area contributed by atoms with Gasteiger partial charge in [0.15, 0.2) is 0 Å². The molecule has 0 aliphatic rings. The molecule has 0 saturated carbocycles. The fourth-order valence-corrected chi connectivity index (χ4v) is 1.16. The first-order valence-corrected chi connectivity index (χ1v) is 6.53. The third-order valence-corrected chi connectivity index (χ3v) is 2.11. The van der Waals surface area contributed by atoms with Crippen LogP contribution in [0.4, 0.5) is 0 Å². The number of hydrogen-bond donors (Lipinski definition) is 0. The molecule has 0 atom stereocenters. The molecule has 0 unspecified atom stereocenters. The van der Waals surface area contributed by atoms with E-state index in [-0.39, 0.29) is 23.5 Å². The van der Waals surface area contributed by atoms with Crippen molar-refractivity contribution in [1.82, 2.24) is 0 Å². The maximum Gasteiger partial charge on any atom is 0.381 e. The largest absolute Gasteiger partial charge is 0.748 e. The van der Waals surface area contributed by atoms with Gasteiger partial charge in [-0.1, -0.05) is 13.0 Å². The summed E-state index contributed by atoms with van der Waals surface area (Å²) in [6.07, 6.45) is 2.42. The third-order valence-electron chi connectivity index (χ3n) is 2.11. The average Bonchev–Trinajstić information content (AvgIpc) is 3.22. The van der Waals surface area contributed by atoms with Crippen LogP contribution in [0.2, 0.25) is 0 Å². The molecule has 0 fully saturated rings. The molecule has 0 radical (unpaired) electrons. The van der Waals surface area contributed by atoms with Crippen LogP contribution in [0.1, 0.15) is 20.3 Å². The summed E-state index contributed by atoms with van der Waals surface area (Å²) in [7, 11) is 0. The van der Waals surface area contributed by atoms with Crippen molar-refractivity contribution in [2.75, 3.05) is 0 Å². The Morgan fingerprint density at radius 3 is 1.91 bits per heavy atom. The molecule has 22 heavy (non-hydrogen) atoms. The predicted molar refractivity (Wildman–Crippen MR) is 81.4 cm³/mol. The second-order valence-corrected chi connectivity index (χ2v) is 3.78. The van der Waals surface area contributed by atoms with E-state index in [1.165, 1.54) is 0 Å². The van der Waals surface area contributed by atoms with Crippen LogP contribution in [0.25, 0.3) is 0 Å². The Balaban J connectivity index is 0. The average molecular weight is 344 g/mol. The van der Waals surface area contributed by atoms with Gasteiger partial charge in [0.25, 0.3) is 0 Å². The molecule has 126 valence electrons. The Labute approximate surface area is 141 Å². The molecule has 2 rings (SSSR count). The van der Waals surface area contributed by atoms with Crippen LogP contribution in [-0.4, -0.2) is 12.4 Å². The minimum atomic E-state index is -0.640. The van der Waals surface area contributed by atoms with E-state index >= 15 is 0 Å². The van der Waals surface area contributed by atoms with Gasteiger partial charge in [-0.05, 0) is 13.3 Å². The molecule has 0 aliphatic heterocycles. The topological polar surface area (TPSA) is 52.6 Å². The van der Waals surface area contributed by atoms with E-state index in [1.54, 1.807) is 13.0 Å². The molecule has 0 N–H and O–H groups in total. The first kappa shape index (κ1) is 22.2. The molecule has 0 heterocycles. The van der Waals surface area contributed by atoms with Gasteiger partial charge in [0, 0.05) is 22.6 Å². The van der Waals surface area contributed by atoms with Gasteiger partial charge in [-0.2, -0.15) is 18.2 Å². The van der Waals surface area contributed by atoms with Gasteiger partial charge in [0.05, 0.1) is 0 Å². The smallest absolute Gasteiger partial charge is 0.381 e. The molecule has 0 bridgehead atoms. The second-order valence-electron chi connectivity index (χ2n) is 3.78. The quantitative estimate of drug-likeness (QED) is 0.212. The fraction of sp³-hybridized carbons (Fsp3) is 0.176.